The topological polar surface area (TPSA) is 59.1 Å². The molecule has 1 aliphatic carbocycles. The molecule has 0 amide bonds. The minimum atomic E-state index is -0.309. The van der Waals surface area contributed by atoms with Gasteiger partial charge in [-0.05, 0) is 36.8 Å². The summed E-state index contributed by atoms with van der Waals surface area (Å²) in [5, 5.41) is 10.1. The van der Waals surface area contributed by atoms with Crippen molar-refractivity contribution in [1.29, 1.82) is 0 Å². The fourth-order valence-electron chi connectivity index (χ4n) is 2.18. The Kier molecular flexibility index (Phi) is 3.57. The quantitative estimate of drug-likeness (QED) is 0.762. The van der Waals surface area contributed by atoms with Crippen molar-refractivity contribution in [2.45, 2.75) is 31.8 Å². The summed E-state index contributed by atoms with van der Waals surface area (Å²) < 4.78 is 0. The van der Waals surface area contributed by atoms with E-state index >= 15 is 0 Å². The van der Waals surface area contributed by atoms with Gasteiger partial charge < -0.3 is 10.8 Å². The Hall–Kier alpha value is -1.35. The molecule has 86 valence electrons. The van der Waals surface area contributed by atoms with Crippen LogP contribution in [0.5, 0.6) is 0 Å². The summed E-state index contributed by atoms with van der Waals surface area (Å²) in [6.07, 6.45) is 9.43. The van der Waals surface area contributed by atoms with Crippen molar-refractivity contribution in [2.75, 3.05) is 5.73 Å². The first-order valence-corrected chi connectivity index (χ1v) is 5.80. The molecule has 0 saturated heterocycles. The van der Waals surface area contributed by atoms with E-state index < -0.39 is 0 Å². The second kappa shape index (κ2) is 5.12. The van der Waals surface area contributed by atoms with E-state index in [2.05, 4.69) is 17.1 Å². The van der Waals surface area contributed by atoms with Crippen LogP contribution in [0.4, 0.5) is 5.82 Å². The molecule has 0 aliphatic heterocycles. The molecule has 1 aromatic rings. The van der Waals surface area contributed by atoms with Crippen LogP contribution >= 0.6 is 0 Å². The number of hydrogen-bond donors (Lipinski definition) is 2. The number of nitrogen functional groups attached to an aromatic ring is 1. The van der Waals surface area contributed by atoms with Crippen molar-refractivity contribution < 1.29 is 5.11 Å². The number of hydrogen-bond acceptors (Lipinski definition) is 3. The zero-order valence-corrected chi connectivity index (χ0v) is 9.34. The zero-order valence-electron chi connectivity index (χ0n) is 9.34. The molecule has 1 aliphatic rings. The van der Waals surface area contributed by atoms with Gasteiger partial charge in [0.25, 0.3) is 0 Å². The molecule has 16 heavy (non-hydrogen) atoms. The summed E-state index contributed by atoms with van der Waals surface area (Å²) in [4.78, 5) is 4.03. The smallest absolute Gasteiger partial charge is 0.126 e. The van der Waals surface area contributed by atoms with Gasteiger partial charge in [0.2, 0.25) is 0 Å². The molecular weight excluding hydrogens is 200 g/mol. The lowest BCUT2D eigenvalue weighted by Gasteiger charge is -2.23. The summed E-state index contributed by atoms with van der Waals surface area (Å²) >= 11 is 0. The van der Waals surface area contributed by atoms with Crippen LogP contribution in [0.2, 0.25) is 0 Å². The summed E-state index contributed by atoms with van der Waals surface area (Å²) in [6, 6.07) is 3.80. The van der Waals surface area contributed by atoms with Crippen molar-refractivity contribution in [3.8, 4) is 0 Å². The molecule has 0 radical (unpaired) electrons. The number of anilines is 1. The van der Waals surface area contributed by atoms with Crippen molar-refractivity contribution in [1.82, 2.24) is 4.98 Å². The Morgan fingerprint density at radius 3 is 3.06 bits per heavy atom. The molecule has 2 atom stereocenters. The molecule has 3 heteroatoms. The summed E-state index contributed by atoms with van der Waals surface area (Å²) in [6.45, 7) is 0. The molecular formula is C13H18N2O. The Labute approximate surface area is 96.0 Å². The maximum Gasteiger partial charge on any atom is 0.126 e. The van der Waals surface area contributed by atoms with Crippen molar-refractivity contribution in [3.05, 3.63) is 36.0 Å². The highest BCUT2D eigenvalue weighted by Gasteiger charge is 2.20. The third-order valence-electron chi connectivity index (χ3n) is 3.21. The first-order valence-electron chi connectivity index (χ1n) is 5.80. The van der Waals surface area contributed by atoms with E-state index in [0.717, 1.165) is 24.8 Å². The Morgan fingerprint density at radius 2 is 2.38 bits per heavy atom. The van der Waals surface area contributed by atoms with Gasteiger partial charge in [0, 0.05) is 12.6 Å². The minimum Gasteiger partial charge on any atom is -0.392 e. The Balaban J connectivity index is 1.99. The molecule has 3 nitrogen and oxygen atoms in total. The average Bonchev–Trinajstić information content (AvgIpc) is 2.33. The third-order valence-corrected chi connectivity index (χ3v) is 3.21. The fourth-order valence-corrected chi connectivity index (χ4v) is 2.18. The molecule has 2 rings (SSSR count). The van der Waals surface area contributed by atoms with Crippen LogP contribution in [0.15, 0.2) is 30.5 Å². The van der Waals surface area contributed by atoms with Crippen LogP contribution in [-0.4, -0.2) is 16.2 Å². The van der Waals surface area contributed by atoms with Crippen molar-refractivity contribution >= 4 is 5.82 Å². The van der Waals surface area contributed by atoms with Crippen LogP contribution in [0.25, 0.3) is 0 Å². The highest BCUT2D eigenvalue weighted by molar-refractivity contribution is 5.38. The van der Waals surface area contributed by atoms with Gasteiger partial charge in [-0.15, -0.1) is 0 Å². The standard InChI is InChI=1S/C13H18N2O/c14-13-11(7-4-8-15-13)9-12(16)10-5-2-1-3-6-10/h1-2,4,7-8,10,12,16H,3,5-6,9H2,(H2,14,15). The number of aromatic nitrogens is 1. The van der Waals surface area contributed by atoms with Crippen LogP contribution < -0.4 is 5.73 Å². The highest BCUT2D eigenvalue weighted by atomic mass is 16.3. The average molecular weight is 218 g/mol. The minimum absolute atomic E-state index is 0.309. The number of nitrogens with zero attached hydrogens (tertiary/aromatic N) is 1. The number of aliphatic hydroxyl groups is 1. The van der Waals surface area contributed by atoms with Gasteiger partial charge in [-0.1, -0.05) is 18.2 Å². The number of rotatable bonds is 3. The maximum atomic E-state index is 10.1. The lowest BCUT2D eigenvalue weighted by molar-refractivity contribution is 0.102. The maximum absolute atomic E-state index is 10.1. The van der Waals surface area contributed by atoms with Gasteiger partial charge in [-0.25, -0.2) is 4.98 Å². The number of nitrogens with two attached hydrogens (primary N) is 1. The van der Waals surface area contributed by atoms with Gasteiger partial charge in [-0.2, -0.15) is 0 Å². The Bertz CT molecular complexity index is 376. The molecule has 0 fully saturated rings. The normalized spacial score (nSPS) is 21.9. The second-order valence-corrected chi connectivity index (χ2v) is 4.36. The van der Waals surface area contributed by atoms with Crippen LogP contribution in [0.3, 0.4) is 0 Å². The molecule has 3 N–H and O–H groups in total. The van der Waals surface area contributed by atoms with E-state index in [4.69, 9.17) is 5.73 Å². The molecule has 1 aromatic heterocycles. The summed E-state index contributed by atoms with van der Waals surface area (Å²) in [5.74, 6) is 0.900. The SMILES string of the molecule is Nc1ncccc1CC(O)C1CC=CCC1. The van der Waals surface area contributed by atoms with Gasteiger partial charge in [-0.3, -0.25) is 0 Å². The monoisotopic (exact) mass is 218 g/mol. The van der Waals surface area contributed by atoms with E-state index in [1.54, 1.807) is 6.20 Å². The molecule has 1 heterocycles. The lowest BCUT2D eigenvalue weighted by Crippen LogP contribution is -2.24. The van der Waals surface area contributed by atoms with Crippen molar-refractivity contribution in [2.24, 2.45) is 5.92 Å². The van der Waals surface area contributed by atoms with Crippen molar-refractivity contribution in [3.63, 3.8) is 0 Å². The summed E-state index contributed by atoms with van der Waals surface area (Å²) in [5.41, 5.74) is 6.71. The number of pyridine rings is 1. The number of aliphatic hydroxyl groups excluding tert-OH is 1. The first-order chi connectivity index (χ1) is 7.77. The van der Waals surface area contributed by atoms with Gasteiger partial charge in [0.15, 0.2) is 0 Å². The van der Waals surface area contributed by atoms with E-state index in [-0.39, 0.29) is 6.10 Å². The van der Waals surface area contributed by atoms with Crippen LogP contribution in [0, 0.1) is 5.92 Å². The molecule has 0 spiro atoms. The zero-order chi connectivity index (χ0) is 11.4. The summed E-state index contributed by atoms with van der Waals surface area (Å²) in [7, 11) is 0. The van der Waals surface area contributed by atoms with Crippen LogP contribution in [-0.2, 0) is 6.42 Å². The molecule has 0 bridgehead atoms. The molecule has 2 unspecified atom stereocenters. The molecule has 0 aromatic carbocycles. The number of allylic oxidation sites excluding steroid dienone is 2. The van der Waals surface area contributed by atoms with Gasteiger partial charge in [0.1, 0.15) is 5.82 Å². The first kappa shape index (κ1) is 11.1. The predicted molar refractivity (Wildman–Crippen MR) is 64.8 cm³/mol. The van der Waals surface area contributed by atoms with E-state index in [1.165, 1.54) is 0 Å². The van der Waals surface area contributed by atoms with Gasteiger partial charge in [0.05, 0.1) is 6.10 Å². The Morgan fingerprint density at radius 1 is 1.50 bits per heavy atom. The van der Waals surface area contributed by atoms with E-state index in [1.807, 2.05) is 12.1 Å². The highest BCUT2D eigenvalue weighted by Crippen LogP contribution is 2.24. The lowest BCUT2D eigenvalue weighted by atomic mass is 9.86. The molecule has 0 saturated carbocycles. The predicted octanol–water partition coefficient (Wildman–Crippen LogP) is 1.92. The fraction of sp³-hybridized carbons (Fsp3) is 0.462. The third kappa shape index (κ3) is 2.61. The largest absolute Gasteiger partial charge is 0.392 e. The van der Waals surface area contributed by atoms with E-state index in [0.29, 0.717) is 18.2 Å². The van der Waals surface area contributed by atoms with Gasteiger partial charge >= 0.3 is 0 Å². The van der Waals surface area contributed by atoms with Crippen LogP contribution in [0.1, 0.15) is 24.8 Å². The second-order valence-electron chi connectivity index (χ2n) is 4.36. The van der Waals surface area contributed by atoms with E-state index in [9.17, 15) is 5.11 Å².